The molecule has 1 unspecified atom stereocenters. The van der Waals surface area contributed by atoms with Crippen LogP contribution in [0, 0.1) is 13.8 Å². The van der Waals surface area contributed by atoms with Crippen LogP contribution in [0.3, 0.4) is 0 Å². The van der Waals surface area contributed by atoms with Crippen LogP contribution in [-0.4, -0.2) is 6.54 Å². The van der Waals surface area contributed by atoms with Gasteiger partial charge in [-0.15, -0.1) is 0 Å². The van der Waals surface area contributed by atoms with E-state index in [4.69, 9.17) is 4.74 Å². The lowest BCUT2D eigenvalue weighted by Gasteiger charge is -2.13. The van der Waals surface area contributed by atoms with Crippen molar-refractivity contribution < 1.29 is 4.74 Å². The maximum absolute atomic E-state index is 5.86. The van der Waals surface area contributed by atoms with Gasteiger partial charge in [0.1, 0.15) is 12.4 Å². The van der Waals surface area contributed by atoms with Crippen LogP contribution in [-0.2, 0) is 6.61 Å². The molecule has 0 radical (unpaired) electrons. The van der Waals surface area contributed by atoms with E-state index in [2.05, 4.69) is 63.3 Å². The molecule has 0 saturated heterocycles. The summed E-state index contributed by atoms with van der Waals surface area (Å²) >= 11 is 0. The van der Waals surface area contributed by atoms with Gasteiger partial charge in [0.05, 0.1) is 0 Å². The molecule has 0 aliphatic heterocycles. The average molecular weight is 283 g/mol. The lowest BCUT2D eigenvalue weighted by Crippen LogP contribution is -2.17. The molecule has 0 fully saturated rings. The molecule has 0 aliphatic rings. The molecule has 0 heterocycles. The second-order valence-electron chi connectivity index (χ2n) is 5.56. The van der Waals surface area contributed by atoms with E-state index < -0.39 is 0 Å². The minimum absolute atomic E-state index is 0.379. The van der Waals surface area contributed by atoms with Crippen LogP contribution in [0.4, 0.5) is 0 Å². The van der Waals surface area contributed by atoms with Gasteiger partial charge in [-0.25, -0.2) is 0 Å². The third-order valence-electron chi connectivity index (χ3n) is 3.87. The summed E-state index contributed by atoms with van der Waals surface area (Å²) in [7, 11) is 0. The number of ether oxygens (including phenoxy) is 1. The van der Waals surface area contributed by atoms with Crippen LogP contribution in [0.15, 0.2) is 42.5 Å². The van der Waals surface area contributed by atoms with E-state index in [-0.39, 0.29) is 0 Å². The monoisotopic (exact) mass is 283 g/mol. The summed E-state index contributed by atoms with van der Waals surface area (Å²) in [6.07, 6.45) is 0. The minimum atomic E-state index is 0.379. The van der Waals surface area contributed by atoms with Gasteiger partial charge < -0.3 is 10.1 Å². The molecule has 0 aliphatic carbocycles. The molecule has 2 heteroatoms. The fraction of sp³-hybridized carbons (Fsp3) is 0.368. The molecule has 112 valence electrons. The molecule has 21 heavy (non-hydrogen) atoms. The molecule has 0 spiro atoms. The van der Waals surface area contributed by atoms with Gasteiger partial charge in [-0.1, -0.05) is 37.3 Å². The Hall–Kier alpha value is -1.80. The number of hydrogen-bond acceptors (Lipinski definition) is 2. The van der Waals surface area contributed by atoms with Gasteiger partial charge in [-0.2, -0.15) is 0 Å². The summed E-state index contributed by atoms with van der Waals surface area (Å²) in [4.78, 5) is 0. The van der Waals surface area contributed by atoms with E-state index in [0.717, 1.165) is 12.3 Å². The first-order valence-corrected chi connectivity index (χ1v) is 7.62. The first-order chi connectivity index (χ1) is 10.1. The van der Waals surface area contributed by atoms with Gasteiger partial charge in [0, 0.05) is 6.04 Å². The van der Waals surface area contributed by atoms with Crippen LogP contribution in [0.25, 0.3) is 0 Å². The number of hydrogen-bond donors (Lipinski definition) is 1. The van der Waals surface area contributed by atoms with Crippen molar-refractivity contribution in [3.05, 3.63) is 64.7 Å². The topological polar surface area (TPSA) is 21.3 Å². The Morgan fingerprint density at radius 2 is 1.71 bits per heavy atom. The zero-order valence-corrected chi connectivity index (χ0v) is 13.4. The van der Waals surface area contributed by atoms with E-state index in [1.165, 1.54) is 22.3 Å². The van der Waals surface area contributed by atoms with Gasteiger partial charge in [-0.05, 0) is 61.7 Å². The fourth-order valence-corrected chi connectivity index (χ4v) is 2.34. The highest BCUT2D eigenvalue weighted by Crippen LogP contribution is 2.19. The Kier molecular flexibility index (Phi) is 5.40. The normalized spacial score (nSPS) is 12.2. The van der Waals surface area contributed by atoms with Crippen LogP contribution < -0.4 is 10.1 Å². The SMILES string of the molecule is CCNC(C)c1ccc(OCc2ccc(C)c(C)c2)cc1. The van der Waals surface area contributed by atoms with Crippen molar-refractivity contribution in [2.24, 2.45) is 0 Å². The summed E-state index contributed by atoms with van der Waals surface area (Å²) in [6.45, 7) is 10.2. The second kappa shape index (κ2) is 7.28. The van der Waals surface area contributed by atoms with E-state index in [1.807, 2.05) is 12.1 Å². The zero-order chi connectivity index (χ0) is 15.2. The minimum Gasteiger partial charge on any atom is -0.489 e. The van der Waals surface area contributed by atoms with Crippen LogP contribution in [0.5, 0.6) is 5.75 Å². The predicted molar refractivity (Wildman–Crippen MR) is 88.8 cm³/mol. The van der Waals surface area contributed by atoms with Crippen molar-refractivity contribution in [1.82, 2.24) is 5.32 Å². The Balaban J connectivity index is 1.95. The van der Waals surface area contributed by atoms with E-state index in [1.54, 1.807) is 0 Å². The maximum atomic E-state index is 5.86. The van der Waals surface area contributed by atoms with E-state index in [9.17, 15) is 0 Å². The molecule has 2 aromatic rings. The highest BCUT2D eigenvalue weighted by Gasteiger charge is 2.04. The Morgan fingerprint density at radius 3 is 2.33 bits per heavy atom. The van der Waals surface area contributed by atoms with Crippen molar-refractivity contribution in [2.45, 2.75) is 40.3 Å². The maximum Gasteiger partial charge on any atom is 0.119 e. The first-order valence-electron chi connectivity index (χ1n) is 7.62. The van der Waals surface area contributed by atoms with Crippen molar-refractivity contribution in [3.63, 3.8) is 0 Å². The quantitative estimate of drug-likeness (QED) is 0.839. The average Bonchev–Trinajstić information content (AvgIpc) is 2.49. The first kappa shape index (κ1) is 15.6. The third-order valence-corrected chi connectivity index (χ3v) is 3.87. The molecule has 2 nitrogen and oxygen atoms in total. The molecule has 1 atom stereocenters. The predicted octanol–water partition coefficient (Wildman–Crippen LogP) is 4.55. The van der Waals surface area contributed by atoms with Crippen LogP contribution in [0.1, 0.15) is 42.1 Å². The Bertz CT molecular complexity index is 575. The lowest BCUT2D eigenvalue weighted by atomic mass is 10.1. The summed E-state index contributed by atoms with van der Waals surface area (Å²) in [5.74, 6) is 0.917. The smallest absolute Gasteiger partial charge is 0.119 e. The number of nitrogens with one attached hydrogen (secondary N) is 1. The highest BCUT2D eigenvalue weighted by molar-refractivity contribution is 5.31. The molecule has 0 amide bonds. The summed E-state index contributed by atoms with van der Waals surface area (Å²) < 4.78 is 5.86. The Morgan fingerprint density at radius 1 is 1.00 bits per heavy atom. The zero-order valence-electron chi connectivity index (χ0n) is 13.4. The van der Waals surface area contributed by atoms with Crippen molar-refractivity contribution in [1.29, 1.82) is 0 Å². The summed E-state index contributed by atoms with van der Waals surface area (Å²) in [5.41, 5.74) is 5.13. The van der Waals surface area contributed by atoms with Gasteiger partial charge in [0.25, 0.3) is 0 Å². The highest BCUT2D eigenvalue weighted by atomic mass is 16.5. The standard InChI is InChI=1S/C19H25NO/c1-5-20-16(4)18-8-10-19(11-9-18)21-13-17-7-6-14(2)15(3)12-17/h6-12,16,20H,5,13H2,1-4H3. The van der Waals surface area contributed by atoms with Crippen LogP contribution >= 0.6 is 0 Å². The molecular weight excluding hydrogens is 258 g/mol. The van der Waals surface area contributed by atoms with Crippen molar-refractivity contribution in [2.75, 3.05) is 6.54 Å². The van der Waals surface area contributed by atoms with Crippen molar-refractivity contribution >= 4 is 0 Å². The molecule has 2 rings (SSSR count). The summed E-state index contributed by atoms with van der Waals surface area (Å²) in [5, 5.41) is 3.41. The number of benzene rings is 2. The van der Waals surface area contributed by atoms with Crippen molar-refractivity contribution in [3.8, 4) is 5.75 Å². The van der Waals surface area contributed by atoms with Gasteiger partial charge in [-0.3, -0.25) is 0 Å². The third kappa shape index (κ3) is 4.33. The molecule has 0 bridgehead atoms. The summed E-state index contributed by atoms with van der Waals surface area (Å²) in [6, 6.07) is 15.2. The molecule has 0 saturated carbocycles. The van der Waals surface area contributed by atoms with Crippen LogP contribution in [0.2, 0.25) is 0 Å². The molecular formula is C19H25NO. The van der Waals surface area contributed by atoms with Gasteiger partial charge in [0.2, 0.25) is 0 Å². The Labute approximate surface area is 128 Å². The molecule has 2 aromatic carbocycles. The molecule has 0 aromatic heterocycles. The second-order valence-corrected chi connectivity index (χ2v) is 5.56. The largest absolute Gasteiger partial charge is 0.489 e. The van der Waals surface area contributed by atoms with Gasteiger partial charge >= 0.3 is 0 Å². The molecule has 1 N–H and O–H groups in total. The fourth-order valence-electron chi connectivity index (χ4n) is 2.34. The van der Waals surface area contributed by atoms with E-state index >= 15 is 0 Å². The number of aryl methyl sites for hydroxylation is 2. The lowest BCUT2D eigenvalue weighted by molar-refractivity contribution is 0.306. The number of rotatable bonds is 6. The van der Waals surface area contributed by atoms with E-state index in [0.29, 0.717) is 12.6 Å². The van der Waals surface area contributed by atoms with Gasteiger partial charge in [0.15, 0.2) is 0 Å².